The Morgan fingerprint density at radius 3 is 2.32 bits per heavy atom. The monoisotopic (exact) mass is 390 g/mol. The van der Waals surface area contributed by atoms with Crippen molar-refractivity contribution in [3.8, 4) is 5.75 Å². The highest BCUT2D eigenvalue weighted by Crippen LogP contribution is 2.42. The minimum Gasteiger partial charge on any atom is -0.491 e. The lowest BCUT2D eigenvalue weighted by Gasteiger charge is -2.23. The Morgan fingerprint density at radius 2 is 1.64 bits per heavy atom. The zero-order valence-corrected chi connectivity index (χ0v) is 15.8. The average Bonchev–Trinajstić information content (AvgIpc) is 2.71. The van der Waals surface area contributed by atoms with Gasteiger partial charge in [0.15, 0.2) is 17.4 Å². The van der Waals surface area contributed by atoms with Crippen LogP contribution in [0.3, 0.4) is 0 Å². The van der Waals surface area contributed by atoms with Gasteiger partial charge in [-0.15, -0.1) is 0 Å². The molecule has 0 radical (unpaired) electrons. The molecule has 3 aromatic rings. The van der Waals surface area contributed by atoms with Gasteiger partial charge in [0.05, 0.1) is 7.11 Å². The number of methoxy groups -OCH3 is 1. The van der Waals surface area contributed by atoms with Gasteiger partial charge in [0, 0.05) is 11.5 Å². The van der Waals surface area contributed by atoms with E-state index in [4.69, 9.17) is 0 Å². The standard InChI is InChI=1S/C23H22F4O/c1-3-4-9-17(18-13-19(24)23(28-2)22(27)21(18)26)20(25)16-11-10-14-7-5-6-8-15(14)12-16/h5-8,10-13,17,20H,3-4,9H2,1-2H3. The lowest BCUT2D eigenvalue weighted by molar-refractivity contribution is 0.265. The Morgan fingerprint density at radius 1 is 0.929 bits per heavy atom. The van der Waals surface area contributed by atoms with Gasteiger partial charge >= 0.3 is 0 Å². The number of hydrogen-bond donors (Lipinski definition) is 0. The summed E-state index contributed by atoms with van der Waals surface area (Å²) in [5, 5.41) is 1.81. The molecule has 0 saturated heterocycles. The summed E-state index contributed by atoms with van der Waals surface area (Å²) in [5.41, 5.74) is 0.0562. The second kappa shape index (κ2) is 8.63. The molecule has 5 heteroatoms. The molecule has 3 aromatic carbocycles. The maximum Gasteiger partial charge on any atom is 0.203 e. The van der Waals surface area contributed by atoms with Crippen molar-refractivity contribution in [2.75, 3.05) is 7.11 Å². The maximum absolute atomic E-state index is 15.5. The molecule has 1 nitrogen and oxygen atoms in total. The number of benzene rings is 3. The molecule has 0 aromatic heterocycles. The number of rotatable bonds is 7. The lowest BCUT2D eigenvalue weighted by Crippen LogP contribution is -2.12. The third kappa shape index (κ3) is 3.84. The van der Waals surface area contributed by atoms with Crippen LogP contribution in [-0.4, -0.2) is 7.11 Å². The van der Waals surface area contributed by atoms with Crippen LogP contribution in [0, 0.1) is 17.5 Å². The van der Waals surface area contributed by atoms with Crippen LogP contribution >= 0.6 is 0 Å². The molecule has 0 heterocycles. The predicted octanol–water partition coefficient (Wildman–Crippen LogP) is 7.25. The Labute approximate surface area is 162 Å². The summed E-state index contributed by atoms with van der Waals surface area (Å²) in [6.07, 6.45) is 0.0294. The summed E-state index contributed by atoms with van der Waals surface area (Å²) in [4.78, 5) is 0. The molecule has 0 N–H and O–H groups in total. The van der Waals surface area contributed by atoms with E-state index in [1.807, 2.05) is 31.2 Å². The quantitative estimate of drug-likeness (QED) is 0.305. The van der Waals surface area contributed by atoms with Crippen LogP contribution in [0.2, 0.25) is 0 Å². The molecule has 0 bridgehead atoms. The fraction of sp³-hybridized carbons (Fsp3) is 0.304. The minimum atomic E-state index is -1.60. The second-order valence-electron chi connectivity index (χ2n) is 6.87. The van der Waals surface area contributed by atoms with Gasteiger partial charge in [0.1, 0.15) is 6.17 Å². The number of fused-ring (bicyclic) bond motifs is 1. The van der Waals surface area contributed by atoms with Gasteiger partial charge in [-0.2, -0.15) is 4.39 Å². The third-order valence-electron chi connectivity index (χ3n) is 5.06. The highest BCUT2D eigenvalue weighted by atomic mass is 19.2. The molecule has 0 aliphatic carbocycles. The van der Waals surface area contributed by atoms with E-state index >= 15 is 4.39 Å². The Balaban J connectivity index is 2.06. The van der Waals surface area contributed by atoms with Crippen molar-refractivity contribution in [2.24, 2.45) is 0 Å². The normalized spacial score (nSPS) is 13.5. The van der Waals surface area contributed by atoms with Gasteiger partial charge in [-0.3, -0.25) is 0 Å². The summed E-state index contributed by atoms with van der Waals surface area (Å²) in [6, 6.07) is 13.5. The van der Waals surface area contributed by atoms with Crippen molar-refractivity contribution in [1.29, 1.82) is 0 Å². The Hall–Kier alpha value is -2.56. The molecule has 2 unspecified atom stereocenters. The van der Waals surface area contributed by atoms with Crippen LogP contribution in [0.25, 0.3) is 10.8 Å². The SMILES string of the molecule is CCCCC(c1cc(F)c(OC)c(F)c1F)C(F)c1ccc2ccccc2c1. The number of alkyl halides is 1. The molecular weight excluding hydrogens is 368 g/mol. The van der Waals surface area contributed by atoms with E-state index in [9.17, 15) is 13.2 Å². The van der Waals surface area contributed by atoms with Gasteiger partial charge in [-0.25, -0.2) is 13.2 Å². The zero-order chi connectivity index (χ0) is 20.3. The van der Waals surface area contributed by atoms with Crippen molar-refractivity contribution in [3.05, 3.63) is 77.1 Å². The highest BCUT2D eigenvalue weighted by molar-refractivity contribution is 5.83. The van der Waals surface area contributed by atoms with E-state index in [-0.39, 0.29) is 12.0 Å². The average molecular weight is 390 g/mol. The van der Waals surface area contributed by atoms with Gasteiger partial charge < -0.3 is 4.74 Å². The van der Waals surface area contributed by atoms with Crippen LogP contribution in [-0.2, 0) is 0 Å². The molecule has 0 aliphatic rings. The van der Waals surface area contributed by atoms with Gasteiger partial charge in [-0.1, -0.05) is 56.2 Å². The fourth-order valence-corrected chi connectivity index (χ4v) is 3.55. The van der Waals surface area contributed by atoms with Crippen molar-refractivity contribution < 1.29 is 22.3 Å². The van der Waals surface area contributed by atoms with Gasteiger partial charge in [0.2, 0.25) is 5.82 Å². The summed E-state index contributed by atoms with van der Waals surface area (Å²) in [6.45, 7) is 1.92. The van der Waals surface area contributed by atoms with Gasteiger partial charge in [0.25, 0.3) is 0 Å². The maximum atomic E-state index is 15.5. The first-order chi connectivity index (χ1) is 13.5. The van der Waals surface area contributed by atoms with Crippen LogP contribution in [0.4, 0.5) is 17.6 Å². The second-order valence-corrected chi connectivity index (χ2v) is 6.87. The van der Waals surface area contributed by atoms with Crippen molar-refractivity contribution in [1.82, 2.24) is 0 Å². The number of halogens is 4. The molecule has 0 saturated carbocycles. The molecule has 28 heavy (non-hydrogen) atoms. The van der Waals surface area contributed by atoms with E-state index in [1.165, 1.54) is 0 Å². The molecular formula is C23H22F4O. The molecule has 148 valence electrons. The molecule has 0 fully saturated rings. The van der Waals surface area contributed by atoms with Crippen molar-refractivity contribution >= 4 is 10.8 Å². The zero-order valence-electron chi connectivity index (χ0n) is 15.8. The molecule has 0 spiro atoms. The smallest absolute Gasteiger partial charge is 0.203 e. The highest BCUT2D eigenvalue weighted by Gasteiger charge is 2.31. The molecule has 2 atom stereocenters. The first-order valence-electron chi connectivity index (χ1n) is 9.32. The van der Waals surface area contributed by atoms with E-state index in [0.29, 0.717) is 12.0 Å². The number of unbranched alkanes of at least 4 members (excludes halogenated alkanes) is 1. The van der Waals surface area contributed by atoms with Crippen LogP contribution in [0.1, 0.15) is 49.4 Å². The van der Waals surface area contributed by atoms with Crippen molar-refractivity contribution in [2.45, 2.75) is 38.3 Å². The Bertz CT molecular complexity index is 970. The van der Waals surface area contributed by atoms with E-state index < -0.39 is 35.3 Å². The first kappa shape index (κ1) is 20.2. The minimum absolute atomic E-state index is 0.270. The third-order valence-corrected chi connectivity index (χ3v) is 5.06. The first-order valence-corrected chi connectivity index (χ1v) is 9.32. The lowest BCUT2D eigenvalue weighted by atomic mass is 9.85. The molecule has 0 amide bonds. The predicted molar refractivity (Wildman–Crippen MR) is 103 cm³/mol. The fourth-order valence-electron chi connectivity index (χ4n) is 3.55. The summed E-state index contributed by atoms with van der Waals surface area (Å²) >= 11 is 0. The number of hydrogen-bond acceptors (Lipinski definition) is 1. The summed E-state index contributed by atoms with van der Waals surface area (Å²) < 4.78 is 63.2. The van der Waals surface area contributed by atoms with Crippen LogP contribution in [0.15, 0.2) is 48.5 Å². The Kier molecular flexibility index (Phi) is 6.22. The van der Waals surface area contributed by atoms with E-state index in [2.05, 4.69) is 4.74 Å². The largest absolute Gasteiger partial charge is 0.491 e. The molecule has 0 aliphatic heterocycles. The summed E-state index contributed by atoms with van der Waals surface area (Å²) in [5.74, 6) is -5.52. The van der Waals surface area contributed by atoms with Gasteiger partial charge in [-0.05, 0) is 34.9 Å². The topological polar surface area (TPSA) is 9.23 Å². The summed E-state index contributed by atoms with van der Waals surface area (Å²) in [7, 11) is 1.06. The van der Waals surface area contributed by atoms with Crippen LogP contribution in [0.5, 0.6) is 5.75 Å². The van der Waals surface area contributed by atoms with Crippen molar-refractivity contribution in [3.63, 3.8) is 0 Å². The number of ether oxygens (including phenoxy) is 1. The van der Waals surface area contributed by atoms with E-state index in [1.54, 1.807) is 18.2 Å². The molecule has 3 rings (SSSR count). The van der Waals surface area contributed by atoms with Crippen LogP contribution < -0.4 is 4.74 Å². The van der Waals surface area contributed by atoms with E-state index in [0.717, 1.165) is 30.4 Å².